The van der Waals surface area contributed by atoms with Gasteiger partial charge in [0.05, 0.1) is 27.7 Å². The maximum Gasteiger partial charge on any atom is 0.190 e. The van der Waals surface area contributed by atoms with Gasteiger partial charge in [0.15, 0.2) is 6.23 Å². The van der Waals surface area contributed by atoms with Gasteiger partial charge in [-0.15, -0.1) is 6.58 Å². The van der Waals surface area contributed by atoms with E-state index >= 15 is 0 Å². The summed E-state index contributed by atoms with van der Waals surface area (Å²) < 4.78 is 6.24. The monoisotopic (exact) mass is 179 g/mol. The molecule has 0 bridgehead atoms. The van der Waals surface area contributed by atoms with E-state index in [1.54, 1.807) is 6.08 Å². The van der Waals surface area contributed by atoms with Gasteiger partial charge in [0.2, 0.25) is 0 Å². The van der Waals surface area contributed by atoms with Crippen molar-refractivity contribution in [2.45, 2.75) is 13.2 Å². The van der Waals surface area contributed by atoms with E-state index in [4.69, 9.17) is 4.74 Å². The molecule has 1 unspecified atom stereocenters. The molecule has 0 N–H and O–H groups in total. The van der Waals surface area contributed by atoms with E-state index in [0.717, 1.165) is 4.48 Å². The summed E-state index contributed by atoms with van der Waals surface area (Å²) in [4.78, 5) is 0. The van der Waals surface area contributed by atoms with Crippen LogP contribution in [0, 0.1) is 0 Å². The van der Waals surface area contributed by atoms with Gasteiger partial charge < -0.3 is 21.6 Å². The third kappa shape index (κ3) is 6.35. The molecule has 0 spiro atoms. The van der Waals surface area contributed by atoms with Crippen LogP contribution in [0.4, 0.5) is 0 Å². The lowest BCUT2D eigenvalue weighted by molar-refractivity contribution is -0.917. The van der Waals surface area contributed by atoms with Gasteiger partial charge >= 0.3 is 0 Å². The van der Waals surface area contributed by atoms with Crippen LogP contribution in [-0.2, 0) is 4.74 Å². The Labute approximate surface area is 75.8 Å². The number of hydrogen-bond acceptors (Lipinski definition) is 1. The third-order valence-electron chi connectivity index (χ3n) is 1.55. The minimum absolute atomic E-state index is 0. The third-order valence-corrected chi connectivity index (χ3v) is 1.55. The quantitative estimate of drug-likeness (QED) is 0.283. The van der Waals surface area contributed by atoms with Crippen LogP contribution in [0.2, 0.25) is 0 Å². The second-order valence-corrected chi connectivity index (χ2v) is 3.34. The Morgan fingerprint density at radius 1 is 1.45 bits per heavy atom. The highest BCUT2D eigenvalue weighted by molar-refractivity contribution is 4.63. The zero-order valence-corrected chi connectivity index (χ0v) is 8.56. The van der Waals surface area contributed by atoms with Crippen molar-refractivity contribution >= 4 is 0 Å². The molecule has 0 heterocycles. The zero-order valence-electron chi connectivity index (χ0n) is 7.80. The van der Waals surface area contributed by atoms with Crippen molar-refractivity contribution in [3.8, 4) is 0 Å². The first kappa shape index (κ1) is 13.5. The molecule has 0 aliphatic rings. The lowest BCUT2D eigenvalue weighted by atomic mass is 10.5. The maximum atomic E-state index is 5.41. The fourth-order valence-electron chi connectivity index (χ4n) is 0.431. The predicted molar refractivity (Wildman–Crippen MR) is 43.6 cm³/mol. The Morgan fingerprint density at radius 2 is 1.91 bits per heavy atom. The van der Waals surface area contributed by atoms with Crippen LogP contribution in [0.1, 0.15) is 6.92 Å². The van der Waals surface area contributed by atoms with Crippen LogP contribution in [0.25, 0.3) is 0 Å². The molecule has 1 atom stereocenters. The molecule has 11 heavy (non-hydrogen) atoms. The SMILES string of the molecule is C=CCOC(C)[N+](C)(C)C.[Cl-]. The minimum atomic E-state index is 0. The van der Waals surface area contributed by atoms with Crippen molar-refractivity contribution in [2.24, 2.45) is 0 Å². The van der Waals surface area contributed by atoms with Gasteiger partial charge in [0, 0.05) is 6.92 Å². The molecule has 0 aliphatic heterocycles. The normalized spacial score (nSPS) is 13.5. The van der Waals surface area contributed by atoms with Crippen LogP contribution >= 0.6 is 0 Å². The van der Waals surface area contributed by atoms with Crippen molar-refractivity contribution in [1.29, 1.82) is 0 Å². The molecular weight excluding hydrogens is 162 g/mol. The molecule has 3 heteroatoms. The molecule has 0 aromatic rings. The molecule has 0 fully saturated rings. The maximum absolute atomic E-state index is 5.41. The lowest BCUT2D eigenvalue weighted by Crippen LogP contribution is -3.00. The Bertz CT molecular complexity index is 109. The standard InChI is InChI=1S/C8H18NO.ClH/c1-6-7-10-8(2)9(3,4)5;/h6,8H,1,7H2,2-5H3;1H/q+1;/p-1. The lowest BCUT2D eigenvalue weighted by Gasteiger charge is -2.30. The van der Waals surface area contributed by atoms with E-state index in [0.29, 0.717) is 6.61 Å². The number of quaternary nitrogens is 1. The van der Waals surface area contributed by atoms with Gasteiger partial charge in [-0.3, -0.25) is 0 Å². The molecule has 68 valence electrons. The second kappa shape index (κ2) is 5.58. The van der Waals surface area contributed by atoms with Gasteiger partial charge in [-0.2, -0.15) is 0 Å². The van der Waals surface area contributed by atoms with Crippen molar-refractivity contribution in [3.63, 3.8) is 0 Å². The molecule has 0 aromatic heterocycles. The first-order valence-electron chi connectivity index (χ1n) is 3.52. The van der Waals surface area contributed by atoms with E-state index < -0.39 is 0 Å². The minimum Gasteiger partial charge on any atom is -1.00 e. The van der Waals surface area contributed by atoms with Crippen molar-refractivity contribution in [2.75, 3.05) is 27.7 Å². The molecular formula is C8H18ClNO. The molecule has 0 saturated heterocycles. The number of hydrogen-bond donors (Lipinski definition) is 0. The molecule has 0 aliphatic carbocycles. The summed E-state index contributed by atoms with van der Waals surface area (Å²) in [7, 11) is 6.31. The molecule has 0 aromatic carbocycles. The van der Waals surface area contributed by atoms with Gasteiger partial charge in [0.25, 0.3) is 0 Å². The topological polar surface area (TPSA) is 9.23 Å². The van der Waals surface area contributed by atoms with Crippen LogP contribution in [0.3, 0.4) is 0 Å². The predicted octanol–water partition coefficient (Wildman–Crippen LogP) is -1.75. The first-order chi connectivity index (χ1) is 4.48. The van der Waals surface area contributed by atoms with Gasteiger partial charge in [-0.25, -0.2) is 0 Å². The largest absolute Gasteiger partial charge is 1.00 e. The van der Waals surface area contributed by atoms with E-state index in [1.165, 1.54) is 0 Å². The summed E-state index contributed by atoms with van der Waals surface area (Å²) in [5.41, 5.74) is 0. The molecule has 0 amide bonds. The molecule has 0 saturated carbocycles. The smallest absolute Gasteiger partial charge is 0.190 e. The Morgan fingerprint density at radius 3 is 2.18 bits per heavy atom. The fraction of sp³-hybridized carbons (Fsp3) is 0.750. The highest BCUT2D eigenvalue weighted by Crippen LogP contribution is 2.02. The number of rotatable bonds is 4. The van der Waals surface area contributed by atoms with Gasteiger partial charge in [-0.05, 0) is 0 Å². The summed E-state index contributed by atoms with van der Waals surface area (Å²) in [6, 6.07) is 0. The summed E-state index contributed by atoms with van der Waals surface area (Å²) >= 11 is 0. The van der Waals surface area contributed by atoms with Crippen LogP contribution in [-0.4, -0.2) is 38.5 Å². The molecule has 0 rings (SSSR count). The zero-order chi connectivity index (χ0) is 8.20. The van der Waals surface area contributed by atoms with Crippen molar-refractivity contribution < 1.29 is 21.6 Å². The van der Waals surface area contributed by atoms with E-state index in [2.05, 4.69) is 34.6 Å². The molecule has 2 nitrogen and oxygen atoms in total. The highest BCUT2D eigenvalue weighted by Gasteiger charge is 2.17. The fourth-order valence-corrected chi connectivity index (χ4v) is 0.431. The van der Waals surface area contributed by atoms with E-state index in [9.17, 15) is 0 Å². The van der Waals surface area contributed by atoms with Crippen molar-refractivity contribution in [3.05, 3.63) is 12.7 Å². The summed E-state index contributed by atoms with van der Waals surface area (Å²) in [6.07, 6.45) is 2.00. The van der Waals surface area contributed by atoms with Crippen LogP contribution in [0.15, 0.2) is 12.7 Å². The summed E-state index contributed by atoms with van der Waals surface area (Å²) in [6.45, 7) is 6.28. The highest BCUT2D eigenvalue weighted by atomic mass is 35.5. The molecule has 0 radical (unpaired) electrons. The number of nitrogens with zero attached hydrogens (tertiary/aromatic N) is 1. The average molecular weight is 180 g/mol. The van der Waals surface area contributed by atoms with E-state index in [-0.39, 0.29) is 18.6 Å². The van der Waals surface area contributed by atoms with Crippen LogP contribution in [0.5, 0.6) is 0 Å². The number of halogens is 1. The average Bonchev–Trinajstić information content (AvgIpc) is 1.80. The van der Waals surface area contributed by atoms with Crippen LogP contribution < -0.4 is 12.4 Å². The Kier molecular flexibility index (Phi) is 6.87. The Hall–Kier alpha value is -0.0500. The Balaban J connectivity index is 0. The second-order valence-electron chi connectivity index (χ2n) is 3.34. The van der Waals surface area contributed by atoms with Crippen molar-refractivity contribution in [1.82, 2.24) is 0 Å². The first-order valence-corrected chi connectivity index (χ1v) is 3.52. The summed E-state index contributed by atoms with van der Waals surface area (Å²) in [5.74, 6) is 0. The van der Waals surface area contributed by atoms with E-state index in [1.807, 2.05) is 0 Å². The summed E-state index contributed by atoms with van der Waals surface area (Å²) in [5, 5.41) is 0. The number of ether oxygens (including phenoxy) is 1. The van der Waals surface area contributed by atoms with Gasteiger partial charge in [-0.1, -0.05) is 6.08 Å². The van der Waals surface area contributed by atoms with Gasteiger partial charge in [0.1, 0.15) is 0 Å².